The van der Waals surface area contributed by atoms with Crippen molar-refractivity contribution in [2.24, 2.45) is 5.73 Å². The summed E-state index contributed by atoms with van der Waals surface area (Å²) < 4.78 is 5.15. The number of nitrogens with two attached hydrogens (primary N) is 1. The van der Waals surface area contributed by atoms with Gasteiger partial charge in [-0.1, -0.05) is 54.6 Å². The summed E-state index contributed by atoms with van der Waals surface area (Å²) in [5.41, 5.74) is 7.83. The van der Waals surface area contributed by atoms with Crippen LogP contribution in [0.15, 0.2) is 78.9 Å². The number of non-ortho nitro benzene ring substituents is 2. The van der Waals surface area contributed by atoms with Crippen LogP contribution in [0, 0.1) is 20.2 Å². The number of nitro benzene ring substituents is 2. The summed E-state index contributed by atoms with van der Waals surface area (Å²) in [6.45, 7) is 2.07. The number of carbonyl (C=O) groups excluding carboxylic acids is 1. The summed E-state index contributed by atoms with van der Waals surface area (Å²) in [4.78, 5) is 42.2. The molecule has 0 spiro atoms. The second kappa shape index (κ2) is 14.7. The Labute approximate surface area is 218 Å². The van der Waals surface area contributed by atoms with Crippen molar-refractivity contribution >= 4 is 23.4 Å². The number of hydrogen-bond donors (Lipinski definition) is 3. The van der Waals surface area contributed by atoms with Gasteiger partial charge >= 0.3 is 12.1 Å². The lowest BCUT2D eigenvalue weighted by atomic mass is 10.1. The maximum absolute atomic E-state index is 11.7. The fourth-order valence-corrected chi connectivity index (χ4v) is 3.22. The first-order valence-corrected chi connectivity index (χ1v) is 11.5. The van der Waals surface area contributed by atoms with E-state index in [-0.39, 0.29) is 30.4 Å². The zero-order valence-electron chi connectivity index (χ0n) is 20.6. The predicted octanol–water partition coefficient (Wildman–Crippen LogP) is 4.00. The monoisotopic (exact) mass is 524 g/mol. The van der Waals surface area contributed by atoms with Gasteiger partial charge in [0.15, 0.2) is 0 Å². The molecule has 0 heterocycles. The number of hydrogen-bond acceptors (Lipinski definition) is 8. The summed E-state index contributed by atoms with van der Waals surface area (Å²) >= 11 is 0. The zero-order chi connectivity index (χ0) is 28.1. The van der Waals surface area contributed by atoms with E-state index in [1.54, 1.807) is 12.1 Å². The van der Waals surface area contributed by atoms with Crippen LogP contribution in [-0.4, -0.2) is 39.1 Å². The second-order valence-electron chi connectivity index (χ2n) is 8.31. The van der Waals surface area contributed by atoms with Crippen molar-refractivity contribution in [3.05, 3.63) is 116 Å². The van der Waals surface area contributed by atoms with Crippen LogP contribution >= 0.6 is 0 Å². The Balaban J connectivity index is 0.000000293. The molecular formula is C26H28N4O8. The number of carbonyl (C=O) groups is 2. The summed E-state index contributed by atoms with van der Waals surface area (Å²) in [6.07, 6.45) is 0.245. The van der Waals surface area contributed by atoms with Crippen LogP contribution in [0.2, 0.25) is 0 Å². The quantitative estimate of drug-likeness (QED) is 0.260. The van der Waals surface area contributed by atoms with E-state index in [4.69, 9.17) is 15.6 Å². The van der Waals surface area contributed by atoms with Crippen molar-refractivity contribution in [1.82, 2.24) is 5.32 Å². The van der Waals surface area contributed by atoms with Crippen molar-refractivity contribution in [3.8, 4) is 0 Å². The van der Waals surface area contributed by atoms with Gasteiger partial charge in [0.1, 0.15) is 12.6 Å². The minimum atomic E-state index is -1.09. The number of rotatable bonds is 10. The van der Waals surface area contributed by atoms with E-state index in [1.807, 2.05) is 37.3 Å². The second-order valence-corrected chi connectivity index (χ2v) is 8.31. The maximum atomic E-state index is 11.7. The molecule has 0 bridgehead atoms. The van der Waals surface area contributed by atoms with Crippen LogP contribution in [-0.2, 0) is 29.0 Å². The van der Waals surface area contributed by atoms with Gasteiger partial charge in [-0.2, -0.15) is 0 Å². The molecule has 0 saturated carbocycles. The Morgan fingerprint density at radius 3 is 1.76 bits per heavy atom. The Kier molecular flexibility index (Phi) is 11.3. The van der Waals surface area contributed by atoms with Crippen LogP contribution in [0.25, 0.3) is 0 Å². The molecule has 0 saturated heterocycles. The lowest BCUT2D eigenvalue weighted by molar-refractivity contribution is -0.385. The first kappa shape index (κ1) is 29.4. The number of nitrogens with one attached hydrogen (secondary N) is 1. The largest absolute Gasteiger partial charge is 0.480 e. The Bertz CT molecular complexity index is 1220. The van der Waals surface area contributed by atoms with Gasteiger partial charge in [-0.05, 0) is 36.5 Å². The highest BCUT2D eigenvalue weighted by molar-refractivity contribution is 5.73. The number of carboxylic acids is 1. The van der Waals surface area contributed by atoms with Gasteiger partial charge in [0.25, 0.3) is 11.4 Å². The van der Waals surface area contributed by atoms with Gasteiger partial charge in [0, 0.05) is 30.3 Å². The lowest BCUT2D eigenvalue weighted by Gasteiger charge is -2.14. The molecular weight excluding hydrogens is 496 g/mol. The van der Waals surface area contributed by atoms with Gasteiger partial charge < -0.3 is 20.9 Å². The Morgan fingerprint density at radius 1 is 0.842 bits per heavy atom. The minimum absolute atomic E-state index is 0.0253. The number of aliphatic carboxylic acids is 1. The molecule has 0 aromatic heterocycles. The Morgan fingerprint density at radius 2 is 1.32 bits per heavy atom. The summed E-state index contributed by atoms with van der Waals surface area (Å²) in [5.74, 6) is -1.09. The molecule has 2 atom stereocenters. The number of benzene rings is 3. The summed E-state index contributed by atoms with van der Waals surface area (Å²) in [7, 11) is 0. The van der Waals surface area contributed by atoms with Gasteiger partial charge in [0.05, 0.1) is 9.85 Å². The third-order valence-corrected chi connectivity index (χ3v) is 5.19. The van der Waals surface area contributed by atoms with E-state index in [2.05, 4.69) is 5.32 Å². The van der Waals surface area contributed by atoms with Gasteiger partial charge in [0.2, 0.25) is 0 Å². The van der Waals surface area contributed by atoms with Crippen LogP contribution < -0.4 is 11.1 Å². The highest BCUT2D eigenvalue weighted by Crippen LogP contribution is 2.14. The molecule has 0 unspecified atom stereocenters. The SMILES string of the molecule is C[C@H](Cc1ccc([N+](=O)[O-])cc1)NC(=O)OCc1ccccc1.N[C@@H](Cc1ccc([N+](=O)[O-])cc1)C(=O)O. The first-order valence-electron chi connectivity index (χ1n) is 11.5. The molecule has 3 rings (SSSR count). The number of amides is 1. The Hall–Kier alpha value is -4.84. The third-order valence-electron chi connectivity index (χ3n) is 5.19. The maximum Gasteiger partial charge on any atom is 0.407 e. The molecule has 12 heteroatoms. The molecule has 0 aliphatic carbocycles. The first-order chi connectivity index (χ1) is 18.0. The molecule has 4 N–H and O–H groups in total. The number of carboxylic acid groups (broad SMARTS) is 1. The molecule has 0 aliphatic rings. The third kappa shape index (κ3) is 10.4. The van der Waals surface area contributed by atoms with Crippen LogP contribution in [0.5, 0.6) is 0 Å². The van der Waals surface area contributed by atoms with E-state index in [9.17, 15) is 29.8 Å². The number of alkyl carbamates (subject to hydrolysis) is 1. The average molecular weight is 525 g/mol. The van der Waals surface area contributed by atoms with Gasteiger partial charge in [-0.3, -0.25) is 25.0 Å². The smallest absolute Gasteiger partial charge is 0.407 e. The standard InChI is InChI=1S/C17H18N2O4.C9H10N2O4/c1-13(11-14-7-9-16(10-8-14)19(21)22)18-17(20)23-12-15-5-3-2-4-6-15;10-8(9(12)13)5-6-1-3-7(4-2-6)11(14)15/h2-10,13H,11-12H2,1H3,(H,18,20);1-4,8H,5,10H2,(H,12,13)/t13-;8-/m10/s1. The summed E-state index contributed by atoms with van der Waals surface area (Å²) in [6, 6.07) is 20.2. The van der Waals surface area contributed by atoms with Crippen LogP contribution in [0.3, 0.4) is 0 Å². The molecule has 0 aliphatic heterocycles. The minimum Gasteiger partial charge on any atom is -0.480 e. The molecule has 3 aromatic carbocycles. The van der Waals surface area contributed by atoms with E-state index >= 15 is 0 Å². The van der Waals surface area contributed by atoms with Gasteiger partial charge in [-0.15, -0.1) is 0 Å². The number of nitro groups is 2. The van der Waals surface area contributed by atoms with Crippen molar-refractivity contribution in [3.63, 3.8) is 0 Å². The van der Waals surface area contributed by atoms with E-state index in [0.717, 1.165) is 11.1 Å². The highest BCUT2D eigenvalue weighted by Gasteiger charge is 2.13. The molecule has 0 radical (unpaired) electrons. The molecule has 1 amide bonds. The fourth-order valence-electron chi connectivity index (χ4n) is 3.22. The number of nitrogens with zero attached hydrogens (tertiary/aromatic N) is 2. The average Bonchev–Trinajstić information content (AvgIpc) is 2.89. The van der Waals surface area contributed by atoms with Crippen molar-refractivity contribution in [2.45, 2.75) is 38.5 Å². The van der Waals surface area contributed by atoms with Gasteiger partial charge in [-0.25, -0.2) is 4.79 Å². The van der Waals surface area contributed by atoms with Crippen molar-refractivity contribution < 1.29 is 29.3 Å². The topological polar surface area (TPSA) is 188 Å². The molecule has 0 fully saturated rings. The molecule has 200 valence electrons. The normalized spacial score (nSPS) is 11.7. The lowest BCUT2D eigenvalue weighted by Crippen LogP contribution is -2.34. The predicted molar refractivity (Wildman–Crippen MR) is 138 cm³/mol. The van der Waals surface area contributed by atoms with Crippen molar-refractivity contribution in [1.29, 1.82) is 0 Å². The van der Waals surface area contributed by atoms with E-state index in [1.165, 1.54) is 36.4 Å². The highest BCUT2D eigenvalue weighted by atomic mass is 16.6. The molecule has 38 heavy (non-hydrogen) atoms. The zero-order valence-corrected chi connectivity index (χ0v) is 20.6. The molecule has 12 nitrogen and oxygen atoms in total. The van der Waals surface area contributed by atoms with Crippen LogP contribution in [0.1, 0.15) is 23.6 Å². The van der Waals surface area contributed by atoms with E-state index < -0.39 is 28.0 Å². The van der Waals surface area contributed by atoms with Crippen molar-refractivity contribution in [2.75, 3.05) is 0 Å². The molecule has 3 aromatic rings. The summed E-state index contributed by atoms with van der Waals surface area (Å²) in [5, 5.41) is 32.2. The number of ether oxygens (including phenoxy) is 1. The van der Waals surface area contributed by atoms with Crippen LogP contribution in [0.4, 0.5) is 16.2 Å². The fraction of sp³-hybridized carbons (Fsp3) is 0.231. The van der Waals surface area contributed by atoms with E-state index in [0.29, 0.717) is 12.0 Å².